The molecule has 0 saturated heterocycles. The van der Waals surface area contributed by atoms with Crippen LogP contribution in [-0.4, -0.2) is 12.1 Å². The van der Waals surface area contributed by atoms with E-state index in [0.717, 1.165) is 0 Å². The summed E-state index contributed by atoms with van der Waals surface area (Å²) < 4.78 is 0. The van der Waals surface area contributed by atoms with Gasteiger partial charge >= 0.3 is 6.47 Å². The van der Waals surface area contributed by atoms with Crippen molar-refractivity contribution in [3.8, 4) is 0 Å². The zero-order chi connectivity index (χ0) is 9.03. The molecule has 12 heavy (non-hydrogen) atoms. The Morgan fingerprint density at radius 1 is 1.50 bits per heavy atom. The van der Waals surface area contributed by atoms with Crippen LogP contribution in [0.25, 0.3) is 0 Å². The van der Waals surface area contributed by atoms with Gasteiger partial charge in [0.1, 0.15) is 5.60 Å². The Hall–Kier alpha value is -1.09. The SMILES string of the molecule is CC1C=CC=CC1(C)OOC=O. The van der Waals surface area contributed by atoms with E-state index in [1.54, 1.807) is 0 Å². The molecule has 0 N–H and O–H groups in total. The number of hydrogen-bond donors (Lipinski definition) is 0. The van der Waals surface area contributed by atoms with E-state index in [4.69, 9.17) is 4.89 Å². The normalized spacial score (nSPS) is 33.3. The van der Waals surface area contributed by atoms with Gasteiger partial charge in [-0.2, -0.15) is 4.89 Å². The molecular weight excluding hydrogens is 156 g/mol. The van der Waals surface area contributed by atoms with E-state index in [2.05, 4.69) is 4.89 Å². The van der Waals surface area contributed by atoms with Gasteiger partial charge in [-0.25, -0.2) is 0 Å². The molecule has 0 fully saturated rings. The second kappa shape index (κ2) is 3.54. The molecule has 0 amide bonds. The first kappa shape index (κ1) is 9.00. The lowest BCUT2D eigenvalue weighted by Gasteiger charge is -2.29. The van der Waals surface area contributed by atoms with Crippen LogP contribution in [0.2, 0.25) is 0 Å². The van der Waals surface area contributed by atoms with Crippen LogP contribution >= 0.6 is 0 Å². The standard InChI is InChI=1S/C9H12O3/c1-8-5-3-4-6-9(8,2)12-11-7-10/h3-8H,1-2H3. The quantitative estimate of drug-likeness (QED) is 0.365. The molecule has 0 bridgehead atoms. The summed E-state index contributed by atoms with van der Waals surface area (Å²) in [5, 5.41) is 0. The zero-order valence-electron chi connectivity index (χ0n) is 7.19. The van der Waals surface area contributed by atoms with Crippen molar-refractivity contribution in [3.05, 3.63) is 24.3 Å². The summed E-state index contributed by atoms with van der Waals surface area (Å²) in [7, 11) is 0. The number of allylic oxidation sites excluding steroid dienone is 2. The summed E-state index contributed by atoms with van der Waals surface area (Å²) in [5.41, 5.74) is -0.532. The molecule has 3 nitrogen and oxygen atoms in total. The van der Waals surface area contributed by atoms with Crippen LogP contribution in [0.3, 0.4) is 0 Å². The Morgan fingerprint density at radius 2 is 2.25 bits per heavy atom. The van der Waals surface area contributed by atoms with Crippen LogP contribution in [0.4, 0.5) is 0 Å². The fourth-order valence-corrected chi connectivity index (χ4v) is 1.05. The maximum atomic E-state index is 9.91. The minimum absolute atomic E-state index is 0.197. The summed E-state index contributed by atoms with van der Waals surface area (Å²) in [6.45, 7) is 4.14. The van der Waals surface area contributed by atoms with Crippen molar-refractivity contribution in [2.45, 2.75) is 19.4 Å². The lowest BCUT2D eigenvalue weighted by atomic mass is 9.87. The van der Waals surface area contributed by atoms with Gasteiger partial charge in [0.15, 0.2) is 0 Å². The summed E-state index contributed by atoms with van der Waals surface area (Å²) in [6.07, 6.45) is 7.67. The fourth-order valence-electron chi connectivity index (χ4n) is 1.05. The van der Waals surface area contributed by atoms with Crippen molar-refractivity contribution in [1.82, 2.24) is 0 Å². The maximum Gasteiger partial charge on any atom is 0.330 e. The Balaban J connectivity index is 2.62. The van der Waals surface area contributed by atoms with Crippen LogP contribution in [0.1, 0.15) is 13.8 Å². The molecule has 1 aliphatic carbocycles. The van der Waals surface area contributed by atoms with E-state index in [-0.39, 0.29) is 12.4 Å². The van der Waals surface area contributed by atoms with E-state index < -0.39 is 5.60 Å². The van der Waals surface area contributed by atoms with Crippen molar-refractivity contribution in [2.75, 3.05) is 0 Å². The summed E-state index contributed by atoms with van der Waals surface area (Å²) in [5.74, 6) is 0.197. The van der Waals surface area contributed by atoms with Gasteiger partial charge in [-0.1, -0.05) is 25.2 Å². The number of hydrogen-bond acceptors (Lipinski definition) is 3. The highest BCUT2D eigenvalue weighted by Crippen LogP contribution is 2.27. The molecule has 0 spiro atoms. The molecule has 1 aliphatic rings. The van der Waals surface area contributed by atoms with E-state index in [9.17, 15) is 4.79 Å². The second-order valence-corrected chi connectivity index (χ2v) is 2.99. The minimum atomic E-state index is -0.532. The number of carbonyl (C=O) groups is 1. The third-order valence-electron chi connectivity index (χ3n) is 2.11. The molecular formula is C9H12O3. The van der Waals surface area contributed by atoms with E-state index in [1.807, 2.05) is 38.2 Å². The Bertz CT molecular complexity index is 220. The fraction of sp³-hybridized carbons (Fsp3) is 0.444. The first-order chi connectivity index (χ1) is 5.69. The molecule has 3 heteroatoms. The van der Waals surface area contributed by atoms with Crippen molar-refractivity contribution in [1.29, 1.82) is 0 Å². The number of rotatable bonds is 3. The van der Waals surface area contributed by atoms with Crippen LogP contribution < -0.4 is 0 Å². The van der Waals surface area contributed by atoms with Crippen molar-refractivity contribution >= 4 is 6.47 Å². The van der Waals surface area contributed by atoms with Crippen molar-refractivity contribution < 1.29 is 14.6 Å². The monoisotopic (exact) mass is 168 g/mol. The molecule has 0 aromatic heterocycles. The highest BCUT2D eigenvalue weighted by molar-refractivity contribution is 5.35. The van der Waals surface area contributed by atoms with Crippen LogP contribution in [0, 0.1) is 5.92 Å². The molecule has 1 rings (SSSR count). The third-order valence-corrected chi connectivity index (χ3v) is 2.11. The average Bonchev–Trinajstić information content (AvgIpc) is 2.07. The van der Waals surface area contributed by atoms with E-state index in [1.165, 1.54) is 0 Å². The molecule has 0 aromatic rings. The first-order valence-electron chi connectivity index (χ1n) is 3.83. The predicted molar refractivity (Wildman–Crippen MR) is 44.1 cm³/mol. The van der Waals surface area contributed by atoms with Crippen molar-refractivity contribution in [2.24, 2.45) is 5.92 Å². The molecule has 2 atom stereocenters. The Kier molecular flexibility index (Phi) is 2.65. The Morgan fingerprint density at radius 3 is 2.83 bits per heavy atom. The van der Waals surface area contributed by atoms with Gasteiger partial charge in [0.25, 0.3) is 0 Å². The zero-order valence-corrected chi connectivity index (χ0v) is 7.19. The van der Waals surface area contributed by atoms with Crippen LogP contribution in [-0.2, 0) is 14.6 Å². The van der Waals surface area contributed by atoms with Gasteiger partial charge in [0.05, 0.1) is 0 Å². The molecule has 0 saturated carbocycles. The lowest BCUT2D eigenvalue weighted by molar-refractivity contribution is -0.313. The molecule has 2 unspecified atom stereocenters. The molecule has 66 valence electrons. The summed E-state index contributed by atoms with van der Waals surface area (Å²) >= 11 is 0. The van der Waals surface area contributed by atoms with E-state index >= 15 is 0 Å². The molecule has 0 radical (unpaired) electrons. The topological polar surface area (TPSA) is 35.5 Å². The van der Waals surface area contributed by atoms with Gasteiger partial charge in [0.2, 0.25) is 0 Å². The highest BCUT2D eigenvalue weighted by Gasteiger charge is 2.31. The third kappa shape index (κ3) is 1.74. The van der Waals surface area contributed by atoms with Gasteiger partial charge in [-0.05, 0) is 13.0 Å². The molecule has 0 aromatic carbocycles. The molecule has 0 heterocycles. The van der Waals surface area contributed by atoms with Crippen LogP contribution in [0.15, 0.2) is 24.3 Å². The molecule has 0 aliphatic heterocycles. The largest absolute Gasteiger partial charge is 0.330 e. The first-order valence-corrected chi connectivity index (χ1v) is 3.83. The smallest absolute Gasteiger partial charge is 0.301 e. The van der Waals surface area contributed by atoms with Gasteiger partial charge in [-0.3, -0.25) is 4.79 Å². The second-order valence-electron chi connectivity index (χ2n) is 2.99. The van der Waals surface area contributed by atoms with Gasteiger partial charge < -0.3 is 4.89 Å². The van der Waals surface area contributed by atoms with Gasteiger partial charge in [0, 0.05) is 5.92 Å². The van der Waals surface area contributed by atoms with Gasteiger partial charge in [-0.15, -0.1) is 0 Å². The summed E-state index contributed by atoms with van der Waals surface area (Å²) in [6, 6.07) is 0. The average molecular weight is 168 g/mol. The maximum absolute atomic E-state index is 9.91. The van der Waals surface area contributed by atoms with Crippen LogP contribution in [0.5, 0.6) is 0 Å². The van der Waals surface area contributed by atoms with E-state index in [0.29, 0.717) is 0 Å². The highest BCUT2D eigenvalue weighted by atomic mass is 17.2. The summed E-state index contributed by atoms with van der Waals surface area (Å²) in [4.78, 5) is 19.1. The number of carbonyl (C=O) groups excluding carboxylic acids is 1. The Labute approximate surface area is 71.6 Å². The lowest BCUT2D eigenvalue weighted by Crippen LogP contribution is -2.34. The predicted octanol–water partition coefficient (Wildman–Crippen LogP) is 1.61. The van der Waals surface area contributed by atoms with Crippen molar-refractivity contribution in [3.63, 3.8) is 0 Å². The minimum Gasteiger partial charge on any atom is -0.301 e.